The van der Waals surface area contributed by atoms with E-state index in [1.807, 2.05) is 0 Å². The molecule has 0 heterocycles. The molecule has 0 N–H and O–H groups in total. The maximum absolute atomic E-state index is 12.6. The molecule has 0 spiro atoms. The summed E-state index contributed by atoms with van der Waals surface area (Å²) in [5.41, 5.74) is 0. The number of hydrogen-bond acceptors (Lipinski definition) is 2. The SMILES string of the molecule is CCCC(C)CC(=O)CCCC(=O)C1CCCC2CCCCC21. The van der Waals surface area contributed by atoms with Crippen LogP contribution in [-0.4, -0.2) is 11.6 Å². The fraction of sp³-hybridized carbons (Fsp3) is 0.905. The number of ketones is 2. The van der Waals surface area contributed by atoms with Crippen molar-refractivity contribution in [3.05, 3.63) is 0 Å². The molecule has 2 saturated carbocycles. The molecule has 0 aliphatic heterocycles. The Hall–Kier alpha value is -0.660. The van der Waals surface area contributed by atoms with Crippen molar-refractivity contribution in [1.29, 1.82) is 0 Å². The third-order valence-corrected chi connectivity index (χ3v) is 6.22. The lowest BCUT2D eigenvalue weighted by atomic mass is 9.64. The van der Waals surface area contributed by atoms with E-state index in [9.17, 15) is 9.59 Å². The van der Waals surface area contributed by atoms with Crippen molar-refractivity contribution in [1.82, 2.24) is 0 Å². The third-order valence-electron chi connectivity index (χ3n) is 6.22. The quantitative estimate of drug-likeness (QED) is 0.544. The lowest BCUT2D eigenvalue weighted by Gasteiger charge is -2.40. The summed E-state index contributed by atoms with van der Waals surface area (Å²) >= 11 is 0. The van der Waals surface area contributed by atoms with Gasteiger partial charge in [-0.05, 0) is 37.0 Å². The van der Waals surface area contributed by atoms with Gasteiger partial charge in [0.25, 0.3) is 0 Å². The van der Waals surface area contributed by atoms with Crippen molar-refractivity contribution in [2.45, 2.75) is 97.3 Å². The van der Waals surface area contributed by atoms with Gasteiger partial charge in [-0.2, -0.15) is 0 Å². The van der Waals surface area contributed by atoms with Crippen LogP contribution in [-0.2, 0) is 9.59 Å². The summed E-state index contributed by atoms with van der Waals surface area (Å²) in [6.45, 7) is 4.33. The minimum Gasteiger partial charge on any atom is -0.300 e. The monoisotopic (exact) mass is 320 g/mol. The Morgan fingerprint density at radius 2 is 1.74 bits per heavy atom. The van der Waals surface area contributed by atoms with E-state index in [0.717, 1.165) is 31.6 Å². The summed E-state index contributed by atoms with van der Waals surface area (Å²) < 4.78 is 0. The standard InChI is InChI=1S/C21H36O2/c1-3-8-16(2)15-18(22)11-7-14-21(23)20-13-6-10-17-9-4-5-12-19(17)20/h16-17,19-20H,3-15H2,1-2H3. The number of hydrogen-bond donors (Lipinski definition) is 0. The van der Waals surface area contributed by atoms with Gasteiger partial charge in [-0.25, -0.2) is 0 Å². The summed E-state index contributed by atoms with van der Waals surface area (Å²) in [7, 11) is 0. The first kappa shape index (κ1) is 18.7. The average Bonchev–Trinajstić information content (AvgIpc) is 2.54. The van der Waals surface area contributed by atoms with Crippen molar-refractivity contribution in [3.63, 3.8) is 0 Å². The van der Waals surface area contributed by atoms with Crippen molar-refractivity contribution >= 4 is 11.6 Å². The van der Waals surface area contributed by atoms with E-state index < -0.39 is 0 Å². The number of Topliss-reactive ketones (excluding diaryl/α,β-unsaturated/α-hetero) is 2. The number of rotatable bonds is 9. The van der Waals surface area contributed by atoms with E-state index in [4.69, 9.17) is 0 Å². The van der Waals surface area contributed by atoms with Crippen LogP contribution in [0, 0.1) is 23.7 Å². The van der Waals surface area contributed by atoms with Gasteiger partial charge in [-0.3, -0.25) is 9.59 Å². The highest BCUT2D eigenvalue weighted by Gasteiger charge is 2.37. The second kappa shape index (κ2) is 9.59. The predicted molar refractivity (Wildman–Crippen MR) is 95.3 cm³/mol. The van der Waals surface area contributed by atoms with E-state index >= 15 is 0 Å². The Labute approximate surface area is 142 Å². The molecule has 0 bridgehead atoms. The molecule has 2 nitrogen and oxygen atoms in total. The van der Waals surface area contributed by atoms with Crippen molar-refractivity contribution in [2.24, 2.45) is 23.7 Å². The minimum absolute atomic E-state index is 0.322. The van der Waals surface area contributed by atoms with Gasteiger partial charge >= 0.3 is 0 Å². The van der Waals surface area contributed by atoms with Gasteiger partial charge in [0, 0.05) is 25.2 Å². The summed E-state index contributed by atoms with van der Waals surface area (Å²) in [5.74, 6) is 3.15. The smallest absolute Gasteiger partial charge is 0.136 e. The van der Waals surface area contributed by atoms with Gasteiger partial charge in [0.1, 0.15) is 11.6 Å². The van der Waals surface area contributed by atoms with Crippen molar-refractivity contribution in [3.8, 4) is 0 Å². The zero-order chi connectivity index (χ0) is 16.7. The average molecular weight is 321 g/mol. The molecule has 4 atom stereocenters. The molecule has 0 radical (unpaired) electrons. The fourth-order valence-electron chi connectivity index (χ4n) is 5.07. The van der Waals surface area contributed by atoms with E-state index in [1.54, 1.807) is 0 Å². The first-order valence-corrected chi connectivity index (χ1v) is 10.2. The van der Waals surface area contributed by atoms with Crippen LogP contribution in [0.2, 0.25) is 0 Å². The van der Waals surface area contributed by atoms with E-state index in [0.29, 0.717) is 48.6 Å². The topological polar surface area (TPSA) is 34.1 Å². The van der Waals surface area contributed by atoms with E-state index in [1.165, 1.54) is 38.5 Å². The highest BCUT2D eigenvalue weighted by Crippen LogP contribution is 2.44. The summed E-state index contributed by atoms with van der Waals surface area (Å²) in [5, 5.41) is 0. The Morgan fingerprint density at radius 3 is 2.52 bits per heavy atom. The molecule has 0 saturated heterocycles. The highest BCUT2D eigenvalue weighted by atomic mass is 16.1. The number of carbonyl (C=O) groups excluding carboxylic acids is 2. The molecule has 0 aromatic rings. The van der Waals surface area contributed by atoms with Crippen LogP contribution in [0.1, 0.15) is 97.3 Å². The Bertz CT molecular complexity index is 385. The predicted octanol–water partition coefficient (Wildman–Crippen LogP) is 5.73. The normalized spacial score (nSPS) is 28.9. The maximum atomic E-state index is 12.6. The van der Waals surface area contributed by atoms with Crippen LogP contribution in [0.15, 0.2) is 0 Å². The first-order chi connectivity index (χ1) is 11.1. The summed E-state index contributed by atoms with van der Waals surface area (Å²) in [6.07, 6.45) is 14.0. The van der Waals surface area contributed by atoms with Crippen LogP contribution < -0.4 is 0 Å². The second-order valence-electron chi connectivity index (χ2n) is 8.20. The summed E-state index contributed by atoms with van der Waals surface area (Å²) in [6, 6.07) is 0. The molecule has 23 heavy (non-hydrogen) atoms. The largest absolute Gasteiger partial charge is 0.300 e. The van der Waals surface area contributed by atoms with Crippen LogP contribution in [0.4, 0.5) is 0 Å². The molecule has 0 amide bonds. The van der Waals surface area contributed by atoms with Gasteiger partial charge in [0.05, 0.1) is 0 Å². The molecular weight excluding hydrogens is 284 g/mol. The summed E-state index contributed by atoms with van der Waals surface area (Å²) in [4.78, 5) is 24.7. The molecule has 0 aromatic carbocycles. The maximum Gasteiger partial charge on any atom is 0.136 e. The van der Waals surface area contributed by atoms with Gasteiger partial charge in [-0.15, -0.1) is 0 Å². The van der Waals surface area contributed by atoms with Gasteiger partial charge < -0.3 is 0 Å². The van der Waals surface area contributed by atoms with Crippen LogP contribution in [0.3, 0.4) is 0 Å². The Kier molecular flexibility index (Phi) is 7.79. The molecule has 0 aromatic heterocycles. The van der Waals surface area contributed by atoms with E-state index in [-0.39, 0.29) is 0 Å². The molecular formula is C21H36O2. The Balaban J connectivity index is 1.70. The molecule has 132 valence electrons. The first-order valence-electron chi connectivity index (χ1n) is 10.2. The van der Waals surface area contributed by atoms with Crippen molar-refractivity contribution in [2.75, 3.05) is 0 Å². The van der Waals surface area contributed by atoms with Crippen LogP contribution >= 0.6 is 0 Å². The molecule has 2 rings (SSSR count). The third kappa shape index (κ3) is 5.72. The van der Waals surface area contributed by atoms with Gasteiger partial charge in [-0.1, -0.05) is 58.8 Å². The van der Waals surface area contributed by atoms with Gasteiger partial charge in [0.2, 0.25) is 0 Å². The van der Waals surface area contributed by atoms with E-state index in [2.05, 4.69) is 13.8 Å². The van der Waals surface area contributed by atoms with Gasteiger partial charge in [0.15, 0.2) is 0 Å². The number of fused-ring (bicyclic) bond motifs is 1. The Morgan fingerprint density at radius 1 is 1.00 bits per heavy atom. The lowest BCUT2D eigenvalue weighted by Crippen LogP contribution is -2.35. The molecule has 2 aliphatic carbocycles. The minimum atomic E-state index is 0.322. The highest BCUT2D eigenvalue weighted by molar-refractivity contribution is 5.83. The molecule has 2 aliphatic rings. The molecule has 2 heteroatoms. The molecule has 4 unspecified atom stereocenters. The van der Waals surface area contributed by atoms with Crippen molar-refractivity contribution < 1.29 is 9.59 Å². The zero-order valence-electron chi connectivity index (χ0n) is 15.3. The van der Waals surface area contributed by atoms with Crippen LogP contribution in [0.25, 0.3) is 0 Å². The lowest BCUT2D eigenvalue weighted by molar-refractivity contribution is -0.127. The molecule has 2 fully saturated rings. The van der Waals surface area contributed by atoms with Crippen LogP contribution in [0.5, 0.6) is 0 Å². The number of carbonyl (C=O) groups is 2. The second-order valence-corrected chi connectivity index (χ2v) is 8.20. The zero-order valence-corrected chi connectivity index (χ0v) is 15.3. The fourth-order valence-corrected chi connectivity index (χ4v) is 5.07.